The SMILES string of the molecule is CCN(I)S(=O)(=O)c1ccccc1. The maximum atomic E-state index is 11.7. The van der Waals surface area contributed by atoms with Gasteiger partial charge < -0.3 is 0 Å². The first-order chi connectivity index (χ1) is 6.09. The molecular weight excluding hydrogens is 301 g/mol. The summed E-state index contributed by atoms with van der Waals surface area (Å²) in [4.78, 5) is 0.339. The molecule has 0 aromatic heterocycles. The number of rotatable bonds is 3. The Kier molecular flexibility index (Phi) is 3.69. The van der Waals surface area contributed by atoms with E-state index in [0.29, 0.717) is 11.4 Å². The molecule has 0 saturated carbocycles. The number of nitrogens with zero attached hydrogens (tertiary/aromatic N) is 1. The molecule has 3 nitrogen and oxygen atoms in total. The molecule has 5 heteroatoms. The molecule has 1 rings (SSSR count). The molecule has 0 aliphatic rings. The van der Waals surface area contributed by atoms with Crippen molar-refractivity contribution in [3.8, 4) is 0 Å². The summed E-state index contributed by atoms with van der Waals surface area (Å²) in [5, 5.41) is 0. The van der Waals surface area contributed by atoms with Gasteiger partial charge >= 0.3 is 0 Å². The van der Waals surface area contributed by atoms with Crippen LogP contribution < -0.4 is 0 Å². The first-order valence-corrected chi connectivity index (χ1v) is 6.23. The summed E-state index contributed by atoms with van der Waals surface area (Å²) in [5.74, 6) is 0. The Morgan fingerprint density at radius 1 is 1.31 bits per heavy atom. The number of hydrogen-bond acceptors (Lipinski definition) is 2. The fourth-order valence-corrected chi connectivity index (χ4v) is 2.63. The lowest BCUT2D eigenvalue weighted by Crippen LogP contribution is -2.20. The van der Waals surface area contributed by atoms with Crippen LogP contribution in [0.3, 0.4) is 0 Å². The summed E-state index contributed by atoms with van der Waals surface area (Å²) >= 11 is 1.80. The number of benzene rings is 1. The van der Waals surface area contributed by atoms with E-state index in [1.165, 1.54) is 2.52 Å². The van der Waals surface area contributed by atoms with E-state index in [0.717, 1.165) is 0 Å². The van der Waals surface area contributed by atoms with Crippen LogP contribution in [-0.4, -0.2) is 17.5 Å². The normalized spacial score (nSPS) is 11.9. The molecule has 13 heavy (non-hydrogen) atoms. The Hall–Kier alpha value is -0.140. The highest BCUT2D eigenvalue weighted by molar-refractivity contribution is 14.1. The smallest absolute Gasteiger partial charge is 0.206 e. The molecule has 0 saturated heterocycles. The van der Waals surface area contributed by atoms with E-state index in [9.17, 15) is 8.42 Å². The van der Waals surface area contributed by atoms with Crippen LogP contribution in [0.4, 0.5) is 0 Å². The third-order valence-electron chi connectivity index (χ3n) is 1.55. The van der Waals surface area contributed by atoms with Crippen LogP contribution in [0.15, 0.2) is 35.2 Å². The van der Waals surface area contributed by atoms with Crippen LogP contribution >= 0.6 is 22.9 Å². The summed E-state index contributed by atoms with van der Waals surface area (Å²) in [6.07, 6.45) is 0. The third-order valence-corrected chi connectivity index (χ3v) is 5.44. The summed E-state index contributed by atoms with van der Waals surface area (Å²) in [7, 11) is -3.27. The van der Waals surface area contributed by atoms with Gasteiger partial charge in [-0.15, -0.1) is 2.52 Å². The highest BCUT2D eigenvalue weighted by Gasteiger charge is 2.19. The second kappa shape index (κ2) is 4.39. The van der Waals surface area contributed by atoms with E-state index in [-0.39, 0.29) is 0 Å². The zero-order valence-electron chi connectivity index (χ0n) is 7.14. The fourth-order valence-electron chi connectivity index (χ4n) is 0.877. The van der Waals surface area contributed by atoms with Gasteiger partial charge in [0.15, 0.2) is 0 Å². The van der Waals surface area contributed by atoms with Crippen LogP contribution in [0.1, 0.15) is 6.92 Å². The molecular formula is C8H10INO2S. The zero-order valence-corrected chi connectivity index (χ0v) is 10.1. The van der Waals surface area contributed by atoms with E-state index in [4.69, 9.17) is 0 Å². The van der Waals surface area contributed by atoms with E-state index in [1.807, 2.05) is 0 Å². The summed E-state index contributed by atoms with van der Waals surface area (Å²) in [6.45, 7) is 2.27. The minimum atomic E-state index is -3.27. The van der Waals surface area contributed by atoms with Crippen molar-refractivity contribution < 1.29 is 8.42 Å². The van der Waals surface area contributed by atoms with Crippen molar-refractivity contribution in [2.24, 2.45) is 0 Å². The molecule has 0 heterocycles. The lowest BCUT2D eigenvalue weighted by atomic mass is 10.4. The standard InChI is InChI=1S/C8H10INO2S/c1-2-10(9)13(11,12)8-6-4-3-5-7-8/h3-7H,2H2,1H3. The van der Waals surface area contributed by atoms with Crippen molar-refractivity contribution in [3.05, 3.63) is 30.3 Å². The summed E-state index contributed by atoms with van der Waals surface area (Å²) < 4.78 is 24.7. The van der Waals surface area contributed by atoms with Gasteiger partial charge in [-0.05, 0) is 12.1 Å². The summed E-state index contributed by atoms with van der Waals surface area (Å²) in [5.41, 5.74) is 0. The minimum Gasteiger partial charge on any atom is -0.206 e. The van der Waals surface area contributed by atoms with E-state index >= 15 is 0 Å². The molecule has 0 radical (unpaired) electrons. The zero-order chi connectivity index (χ0) is 9.90. The lowest BCUT2D eigenvalue weighted by molar-refractivity contribution is 0.559. The molecule has 72 valence electrons. The molecule has 0 atom stereocenters. The second-order valence-electron chi connectivity index (χ2n) is 2.42. The second-order valence-corrected chi connectivity index (χ2v) is 6.10. The predicted octanol–water partition coefficient (Wildman–Crippen LogP) is 2.05. The van der Waals surface area contributed by atoms with Gasteiger partial charge in [-0.25, -0.2) is 8.42 Å². The van der Waals surface area contributed by atoms with E-state index in [2.05, 4.69) is 0 Å². The first kappa shape index (κ1) is 10.9. The van der Waals surface area contributed by atoms with Crippen molar-refractivity contribution in [2.45, 2.75) is 11.8 Å². The van der Waals surface area contributed by atoms with E-state index < -0.39 is 10.0 Å². The van der Waals surface area contributed by atoms with Crippen molar-refractivity contribution >= 4 is 32.9 Å². The van der Waals surface area contributed by atoms with Gasteiger partial charge in [0.2, 0.25) is 0 Å². The Balaban J connectivity index is 3.09. The lowest BCUT2D eigenvalue weighted by Gasteiger charge is -2.11. The van der Waals surface area contributed by atoms with Crippen LogP contribution in [0, 0.1) is 0 Å². The first-order valence-electron chi connectivity index (χ1n) is 3.82. The van der Waals surface area contributed by atoms with Gasteiger partial charge in [0.05, 0.1) is 4.90 Å². The van der Waals surface area contributed by atoms with Crippen molar-refractivity contribution in [1.29, 1.82) is 0 Å². The van der Waals surface area contributed by atoms with Crippen LogP contribution in [0.2, 0.25) is 0 Å². The Bertz CT molecular complexity index is 363. The topological polar surface area (TPSA) is 37.4 Å². The molecule has 1 aromatic rings. The highest BCUT2D eigenvalue weighted by atomic mass is 127. The Morgan fingerprint density at radius 3 is 2.31 bits per heavy atom. The van der Waals surface area contributed by atoms with Crippen molar-refractivity contribution in [2.75, 3.05) is 6.54 Å². The van der Waals surface area contributed by atoms with Gasteiger partial charge in [-0.3, -0.25) is 0 Å². The monoisotopic (exact) mass is 311 g/mol. The largest absolute Gasteiger partial charge is 0.251 e. The van der Waals surface area contributed by atoms with Gasteiger partial charge in [0, 0.05) is 29.4 Å². The third kappa shape index (κ3) is 2.41. The molecule has 0 unspecified atom stereocenters. The fraction of sp³-hybridized carbons (Fsp3) is 0.250. The molecule has 0 bridgehead atoms. The molecule has 0 spiro atoms. The molecule has 0 aliphatic heterocycles. The Labute approximate surface area is 92.3 Å². The van der Waals surface area contributed by atoms with Gasteiger partial charge in [-0.1, -0.05) is 25.1 Å². The maximum Gasteiger partial charge on any atom is 0.251 e. The van der Waals surface area contributed by atoms with Crippen LogP contribution in [-0.2, 0) is 10.0 Å². The quantitative estimate of drug-likeness (QED) is 0.633. The minimum absolute atomic E-state index is 0.339. The number of sulfonamides is 1. The molecule has 0 fully saturated rings. The van der Waals surface area contributed by atoms with Crippen molar-refractivity contribution in [3.63, 3.8) is 0 Å². The molecule has 0 N–H and O–H groups in total. The predicted molar refractivity (Wildman–Crippen MR) is 60.0 cm³/mol. The summed E-state index contributed by atoms with van der Waals surface area (Å²) in [6, 6.07) is 8.41. The maximum absolute atomic E-state index is 11.7. The van der Waals surface area contributed by atoms with Crippen LogP contribution in [0.5, 0.6) is 0 Å². The highest BCUT2D eigenvalue weighted by Crippen LogP contribution is 2.17. The van der Waals surface area contributed by atoms with E-state index in [1.54, 1.807) is 60.1 Å². The molecule has 0 aliphatic carbocycles. The Morgan fingerprint density at radius 2 is 1.85 bits per heavy atom. The average Bonchev–Trinajstić information content (AvgIpc) is 2.18. The van der Waals surface area contributed by atoms with Crippen LogP contribution in [0.25, 0.3) is 0 Å². The van der Waals surface area contributed by atoms with Crippen molar-refractivity contribution in [1.82, 2.24) is 2.52 Å². The average molecular weight is 311 g/mol. The molecule has 0 amide bonds. The number of halogens is 1. The van der Waals surface area contributed by atoms with Gasteiger partial charge in [-0.2, -0.15) is 0 Å². The number of hydrogen-bond donors (Lipinski definition) is 0. The molecule has 1 aromatic carbocycles. The van der Waals surface area contributed by atoms with Gasteiger partial charge in [0.25, 0.3) is 10.0 Å². The van der Waals surface area contributed by atoms with Gasteiger partial charge in [0.1, 0.15) is 0 Å².